The van der Waals surface area contributed by atoms with Gasteiger partial charge in [-0.1, -0.05) is 0 Å². The lowest BCUT2D eigenvalue weighted by Crippen LogP contribution is -2.20. The summed E-state index contributed by atoms with van der Waals surface area (Å²) in [7, 11) is -2.01. The lowest BCUT2D eigenvalue weighted by molar-refractivity contribution is -0.385. The standard InChI is InChI=1S/C5H5BN2O5/c9-6(10)13-5-1-4(8(11)12)2-7-3-5/h1-3,9-10H. The first-order valence-corrected chi connectivity index (χ1v) is 3.22. The number of hydrogen-bond acceptors (Lipinski definition) is 6. The molecule has 0 aliphatic heterocycles. The first-order valence-electron chi connectivity index (χ1n) is 3.22. The van der Waals surface area contributed by atoms with Crippen molar-refractivity contribution >= 4 is 13.0 Å². The van der Waals surface area contributed by atoms with Crippen molar-refractivity contribution in [2.45, 2.75) is 0 Å². The zero-order valence-electron chi connectivity index (χ0n) is 6.32. The maximum Gasteiger partial charge on any atom is 0.707 e. The Hall–Kier alpha value is -1.67. The molecule has 2 N–H and O–H groups in total. The Labute approximate surface area is 72.9 Å². The zero-order chi connectivity index (χ0) is 9.84. The SMILES string of the molecule is O=[N+]([O-])c1cncc(OB(O)O)c1. The molecule has 1 heterocycles. The molecular formula is C5H5BN2O5. The van der Waals surface area contributed by atoms with Crippen LogP contribution < -0.4 is 4.65 Å². The van der Waals surface area contributed by atoms with E-state index >= 15 is 0 Å². The van der Waals surface area contributed by atoms with Gasteiger partial charge in [-0.05, 0) is 0 Å². The topological polar surface area (TPSA) is 106 Å². The van der Waals surface area contributed by atoms with E-state index in [-0.39, 0.29) is 11.4 Å². The van der Waals surface area contributed by atoms with Crippen LogP contribution >= 0.6 is 0 Å². The molecule has 0 radical (unpaired) electrons. The summed E-state index contributed by atoms with van der Waals surface area (Å²) in [5.41, 5.74) is -0.279. The minimum Gasteiger partial charge on any atom is -0.510 e. The minimum atomic E-state index is -2.01. The van der Waals surface area contributed by atoms with E-state index in [9.17, 15) is 10.1 Å². The Morgan fingerprint density at radius 2 is 2.23 bits per heavy atom. The van der Waals surface area contributed by atoms with E-state index in [0.29, 0.717) is 0 Å². The van der Waals surface area contributed by atoms with Crippen LogP contribution in [0.2, 0.25) is 0 Å². The Balaban J connectivity index is 2.85. The summed E-state index contributed by atoms with van der Waals surface area (Å²) in [5.74, 6) is -0.0794. The largest absolute Gasteiger partial charge is 0.707 e. The van der Waals surface area contributed by atoms with Gasteiger partial charge in [-0.2, -0.15) is 0 Å². The van der Waals surface area contributed by atoms with Gasteiger partial charge in [-0.15, -0.1) is 0 Å². The lowest BCUT2D eigenvalue weighted by atomic mass is 10.2. The fourth-order valence-electron chi connectivity index (χ4n) is 0.693. The van der Waals surface area contributed by atoms with Crippen molar-refractivity contribution in [3.05, 3.63) is 28.6 Å². The molecule has 0 saturated carbocycles. The van der Waals surface area contributed by atoms with Gasteiger partial charge >= 0.3 is 7.32 Å². The molecule has 0 aliphatic rings. The van der Waals surface area contributed by atoms with E-state index in [0.717, 1.165) is 18.5 Å². The number of nitrogens with zero attached hydrogens (tertiary/aromatic N) is 2. The summed E-state index contributed by atoms with van der Waals surface area (Å²) in [6.45, 7) is 0. The molecule has 68 valence electrons. The molecule has 0 bridgehead atoms. The summed E-state index contributed by atoms with van der Waals surface area (Å²) in [5, 5.41) is 27.0. The van der Waals surface area contributed by atoms with Gasteiger partial charge in [-0.25, -0.2) is 0 Å². The monoisotopic (exact) mass is 184 g/mol. The molecule has 1 rings (SSSR count). The summed E-state index contributed by atoms with van der Waals surface area (Å²) in [4.78, 5) is 13.0. The molecule has 7 nitrogen and oxygen atoms in total. The van der Waals surface area contributed by atoms with Crippen molar-refractivity contribution in [3.8, 4) is 5.75 Å². The van der Waals surface area contributed by atoms with Gasteiger partial charge in [0.1, 0.15) is 11.9 Å². The molecule has 13 heavy (non-hydrogen) atoms. The number of rotatable bonds is 3. The van der Waals surface area contributed by atoms with Crippen molar-refractivity contribution in [1.29, 1.82) is 0 Å². The van der Waals surface area contributed by atoms with Crippen LogP contribution in [0.4, 0.5) is 5.69 Å². The molecular weight excluding hydrogens is 179 g/mol. The molecule has 1 aromatic heterocycles. The first kappa shape index (κ1) is 9.42. The third-order valence-corrected chi connectivity index (χ3v) is 1.15. The van der Waals surface area contributed by atoms with Gasteiger partial charge in [-0.3, -0.25) is 15.1 Å². The quantitative estimate of drug-likeness (QED) is 0.366. The van der Waals surface area contributed by atoms with E-state index in [1.54, 1.807) is 0 Å². The molecule has 0 spiro atoms. The molecule has 0 unspecified atom stereocenters. The van der Waals surface area contributed by atoms with Gasteiger partial charge in [0.2, 0.25) is 0 Å². The van der Waals surface area contributed by atoms with Crippen molar-refractivity contribution in [2.24, 2.45) is 0 Å². The average molecular weight is 184 g/mol. The summed E-state index contributed by atoms with van der Waals surface area (Å²) in [6, 6.07) is 1.03. The van der Waals surface area contributed by atoms with Gasteiger partial charge in [0.25, 0.3) is 5.69 Å². The number of aromatic nitrogens is 1. The number of pyridine rings is 1. The van der Waals surface area contributed by atoms with Gasteiger partial charge in [0.05, 0.1) is 17.2 Å². The second-order valence-electron chi connectivity index (χ2n) is 2.08. The minimum absolute atomic E-state index is 0.0794. The zero-order valence-corrected chi connectivity index (χ0v) is 6.32. The smallest absolute Gasteiger partial charge is 0.510 e. The highest BCUT2D eigenvalue weighted by Gasteiger charge is 2.14. The van der Waals surface area contributed by atoms with Crippen LogP contribution in [0.25, 0.3) is 0 Å². The van der Waals surface area contributed by atoms with Crippen molar-refractivity contribution < 1.29 is 19.6 Å². The summed E-state index contributed by atoms with van der Waals surface area (Å²) >= 11 is 0. The van der Waals surface area contributed by atoms with Crippen LogP contribution in [0.5, 0.6) is 5.75 Å². The molecule has 0 atom stereocenters. The second kappa shape index (κ2) is 3.83. The predicted molar refractivity (Wildman–Crippen MR) is 41.7 cm³/mol. The van der Waals surface area contributed by atoms with Crippen LogP contribution in [-0.4, -0.2) is 27.3 Å². The Kier molecular flexibility index (Phi) is 2.78. The van der Waals surface area contributed by atoms with E-state index in [1.165, 1.54) is 0 Å². The fraction of sp³-hybridized carbons (Fsp3) is 0. The van der Waals surface area contributed by atoms with Crippen LogP contribution in [0, 0.1) is 10.1 Å². The van der Waals surface area contributed by atoms with Crippen LogP contribution in [0.15, 0.2) is 18.5 Å². The first-order chi connectivity index (χ1) is 6.09. The fourth-order valence-corrected chi connectivity index (χ4v) is 0.693. The maximum atomic E-state index is 10.2. The molecule has 0 amide bonds. The summed E-state index contributed by atoms with van der Waals surface area (Å²) < 4.78 is 4.35. The van der Waals surface area contributed by atoms with E-state index < -0.39 is 12.2 Å². The molecule has 0 fully saturated rings. The molecule has 0 saturated heterocycles. The Morgan fingerprint density at radius 1 is 1.54 bits per heavy atom. The van der Waals surface area contributed by atoms with Crippen LogP contribution in [0.3, 0.4) is 0 Å². The van der Waals surface area contributed by atoms with Gasteiger partial charge in [0.15, 0.2) is 0 Å². The van der Waals surface area contributed by atoms with Crippen molar-refractivity contribution in [3.63, 3.8) is 0 Å². The highest BCUT2D eigenvalue weighted by molar-refractivity contribution is 6.33. The van der Waals surface area contributed by atoms with Gasteiger partial charge < -0.3 is 14.7 Å². The molecule has 0 aromatic carbocycles. The summed E-state index contributed by atoms with van der Waals surface area (Å²) in [6.07, 6.45) is 2.16. The average Bonchev–Trinajstić information content (AvgIpc) is 2.03. The number of nitro groups is 1. The molecule has 0 aliphatic carbocycles. The third-order valence-electron chi connectivity index (χ3n) is 1.15. The Bertz CT molecular complexity index is 318. The highest BCUT2D eigenvalue weighted by Crippen LogP contribution is 2.16. The van der Waals surface area contributed by atoms with Crippen LogP contribution in [-0.2, 0) is 0 Å². The lowest BCUT2D eigenvalue weighted by Gasteiger charge is -2.02. The normalized spacial score (nSPS) is 9.38. The number of hydrogen-bond donors (Lipinski definition) is 2. The predicted octanol–water partition coefficient (Wildman–Crippen LogP) is -0.662. The Morgan fingerprint density at radius 3 is 2.77 bits per heavy atom. The second-order valence-corrected chi connectivity index (χ2v) is 2.08. The van der Waals surface area contributed by atoms with E-state index in [2.05, 4.69) is 9.64 Å². The van der Waals surface area contributed by atoms with Crippen molar-refractivity contribution in [2.75, 3.05) is 0 Å². The maximum absolute atomic E-state index is 10.2. The van der Waals surface area contributed by atoms with Crippen LogP contribution in [0.1, 0.15) is 0 Å². The third kappa shape index (κ3) is 2.69. The van der Waals surface area contributed by atoms with E-state index in [4.69, 9.17) is 10.0 Å². The van der Waals surface area contributed by atoms with E-state index in [1.807, 2.05) is 0 Å². The molecule has 8 heteroatoms. The molecule has 1 aromatic rings. The van der Waals surface area contributed by atoms with Crippen molar-refractivity contribution in [1.82, 2.24) is 4.98 Å². The van der Waals surface area contributed by atoms with Gasteiger partial charge in [0, 0.05) is 0 Å². The highest BCUT2D eigenvalue weighted by atomic mass is 16.6.